The zero-order valence-electron chi connectivity index (χ0n) is 35.3. The molecule has 2 aromatic rings. The summed E-state index contributed by atoms with van der Waals surface area (Å²) < 4.78 is 23.6. The molecule has 0 aromatic heterocycles. The van der Waals surface area contributed by atoms with Crippen LogP contribution in [0.1, 0.15) is 70.0 Å². The van der Waals surface area contributed by atoms with Crippen LogP contribution in [-0.2, 0) is 23.8 Å². The molecule has 4 aliphatic heterocycles. The minimum absolute atomic E-state index is 0.0559. The lowest BCUT2D eigenvalue weighted by molar-refractivity contribution is -0.160. The van der Waals surface area contributed by atoms with Gasteiger partial charge in [-0.2, -0.15) is 5.10 Å². The summed E-state index contributed by atoms with van der Waals surface area (Å²) in [6.07, 6.45) is 4.86. The third-order valence-corrected chi connectivity index (χ3v) is 11.9. The highest BCUT2D eigenvalue weighted by molar-refractivity contribution is 6.23. The van der Waals surface area contributed by atoms with Gasteiger partial charge in [0.1, 0.15) is 23.4 Å². The Kier molecular flexibility index (Phi) is 13.7. The van der Waals surface area contributed by atoms with Gasteiger partial charge in [0.05, 0.1) is 53.0 Å². The molecule has 1 saturated heterocycles. The minimum atomic E-state index is -2.04. The summed E-state index contributed by atoms with van der Waals surface area (Å²) in [6.45, 7) is 15.1. The number of phenolic OH excluding ortho intramolecular Hbond substituents is 3. The third-order valence-electron chi connectivity index (χ3n) is 11.9. The quantitative estimate of drug-likeness (QED) is 0.109. The maximum absolute atomic E-state index is 14.4. The highest BCUT2D eigenvalue weighted by Crippen LogP contribution is 2.55. The lowest BCUT2D eigenvalue weighted by Crippen LogP contribution is -2.46. The molecule has 5 bridgehead atoms. The SMILES string of the molecule is CO[C@@H]1/C=C\O[C@@]2(C)Oc3c(C)c(O)c4c(O)c(c(C=NN5CCN(C)CC5)c(O)c4c3C2=O)NC(=O)/C(C)=C\C=C/[C@H](C)[C@H](O)[C@H](C)[C@H](O)[C@H](C)[C@H](OC(C)=O)[C@@H]1C. The van der Waals surface area contributed by atoms with Crippen LogP contribution in [0.25, 0.3) is 10.8 Å². The molecule has 4 aliphatic rings. The van der Waals surface area contributed by atoms with Crippen LogP contribution >= 0.6 is 0 Å². The van der Waals surface area contributed by atoms with Crippen LogP contribution in [0, 0.1) is 30.6 Å². The number of aromatic hydroxyl groups is 3. The average molecular weight is 823 g/mol. The lowest BCUT2D eigenvalue weighted by atomic mass is 9.78. The lowest BCUT2D eigenvalue weighted by Gasteiger charge is -2.38. The Balaban J connectivity index is 1.70. The fourth-order valence-electron chi connectivity index (χ4n) is 7.92. The second kappa shape index (κ2) is 18.0. The summed E-state index contributed by atoms with van der Waals surface area (Å²) in [5.41, 5.74) is -0.350. The number of ether oxygens (including phenoxy) is 4. The van der Waals surface area contributed by atoms with Crippen LogP contribution in [0.5, 0.6) is 23.0 Å². The van der Waals surface area contributed by atoms with Gasteiger partial charge in [0.25, 0.3) is 11.7 Å². The Morgan fingerprint density at radius 1 is 0.949 bits per heavy atom. The van der Waals surface area contributed by atoms with E-state index in [2.05, 4.69) is 15.3 Å². The molecule has 6 rings (SSSR count). The van der Waals surface area contributed by atoms with E-state index in [4.69, 9.17) is 18.9 Å². The molecule has 6 N–H and O–H groups in total. The van der Waals surface area contributed by atoms with Gasteiger partial charge in [-0.3, -0.25) is 19.4 Å². The molecular formula is C43H58N4O12. The Morgan fingerprint density at radius 3 is 2.24 bits per heavy atom. The van der Waals surface area contributed by atoms with E-state index in [1.165, 1.54) is 59.4 Å². The van der Waals surface area contributed by atoms with E-state index in [1.807, 2.05) is 7.05 Å². The van der Waals surface area contributed by atoms with Crippen molar-refractivity contribution in [2.45, 2.75) is 85.6 Å². The van der Waals surface area contributed by atoms with Gasteiger partial charge < -0.3 is 54.7 Å². The highest BCUT2D eigenvalue weighted by Gasteiger charge is 2.50. The largest absolute Gasteiger partial charge is 0.507 e. The number of phenols is 3. The zero-order valence-corrected chi connectivity index (χ0v) is 35.3. The van der Waals surface area contributed by atoms with Gasteiger partial charge >= 0.3 is 11.8 Å². The number of Topliss-reactive ketones (excluding diaryl/α,β-unsaturated/α-hetero) is 1. The number of anilines is 1. The summed E-state index contributed by atoms with van der Waals surface area (Å²) >= 11 is 0. The number of piperazine rings is 1. The summed E-state index contributed by atoms with van der Waals surface area (Å²) in [5, 5.41) is 66.8. The van der Waals surface area contributed by atoms with E-state index in [9.17, 15) is 39.9 Å². The molecule has 59 heavy (non-hydrogen) atoms. The van der Waals surface area contributed by atoms with Crippen molar-refractivity contribution in [1.29, 1.82) is 0 Å². The number of allylic oxidation sites excluding steroid dienone is 2. The second-order valence-corrected chi connectivity index (χ2v) is 16.1. The number of aliphatic hydroxyl groups is 2. The first-order chi connectivity index (χ1) is 27.7. The summed E-state index contributed by atoms with van der Waals surface area (Å²) in [5.74, 6) is -8.34. The van der Waals surface area contributed by atoms with Crippen LogP contribution in [0.4, 0.5) is 5.69 Å². The Hall–Kier alpha value is -5.16. The van der Waals surface area contributed by atoms with E-state index < -0.39 is 88.8 Å². The molecule has 0 radical (unpaired) electrons. The van der Waals surface area contributed by atoms with Crippen molar-refractivity contribution in [3.8, 4) is 23.0 Å². The number of amides is 1. The highest BCUT2D eigenvalue weighted by atomic mass is 16.7. The van der Waals surface area contributed by atoms with Crippen molar-refractivity contribution in [2.75, 3.05) is 45.7 Å². The fraction of sp³-hybridized carbons (Fsp3) is 0.535. The Labute approximate surface area is 344 Å². The average Bonchev–Trinajstić information content (AvgIpc) is 3.46. The molecule has 4 heterocycles. The molecule has 16 heteroatoms. The van der Waals surface area contributed by atoms with Crippen LogP contribution in [-0.4, -0.2) is 130 Å². The third kappa shape index (κ3) is 8.91. The van der Waals surface area contributed by atoms with Gasteiger partial charge in [-0.05, 0) is 27.0 Å². The predicted molar refractivity (Wildman–Crippen MR) is 220 cm³/mol. The zero-order chi connectivity index (χ0) is 43.7. The van der Waals surface area contributed by atoms with E-state index in [1.54, 1.807) is 44.9 Å². The van der Waals surface area contributed by atoms with Crippen molar-refractivity contribution in [3.63, 3.8) is 0 Å². The first-order valence-electron chi connectivity index (χ1n) is 19.8. The number of hydrazone groups is 1. The number of hydrogen-bond acceptors (Lipinski definition) is 15. The molecule has 0 saturated carbocycles. The Bertz CT molecular complexity index is 2070. The van der Waals surface area contributed by atoms with Crippen LogP contribution in [0.15, 0.2) is 41.2 Å². The van der Waals surface area contributed by atoms with Crippen molar-refractivity contribution in [2.24, 2.45) is 28.8 Å². The molecule has 0 aliphatic carbocycles. The van der Waals surface area contributed by atoms with Gasteiger partial charge in [-0.15, -0.1) is 0 Å². The second-order valence-electron chi connectivity index (χ2n) is 16.1. The normalized spacial score (nSPS) is 32.1. The smallest absolute Gasteiger partial charge is 0.312 e. The number of nitrogens with zero attached hydrogens (tertiary/aromatic N) is 3. The van der Waals surface area contributed by atoms with Crippen molar-refractivity contribution < 1.29 is 58.9 Å². The number of benzene rings is 2. The summed E-state index contributed by atoms with van der Waals surface area (Å²) in [6, 6.07) is 0. The number of esters is 1. The van der Waals surface area contributed by atoms with Crippen LogP contribution < -0.4 is 10.1 Å². The molecule has 16 nitrogen and oxygen atoms in total. The van der Waals surface area contributed by atoms with E-state index in [0.717, 1.165) is 13.1 Å². The van der Waals surface area contributed by atoms with Gasteiger partial charge in [-0.1, -0.05) is 45.9 Å². The van der Waals surface area contributed by atoms with Crippen molar-refractivity contribution >= 4 is 40.3 Å². The van der Waals surface area contributed by atoms with E-state index >= 15 is 0 Å². The van der Waals surface area contributed by atoms with Crippen molar-refractivity contribution in [3.05, 3.63) is 52.8 Å². The van der Waals surface area contributed by atoms with Crippen LogP contribution in [0.2, 0.25) is 0 Å². The number of ketones is 1. The van der Waals surface area contributed by atoms with Gasteiger partial charge in [0.2, 0.25) is 0 Å². The van der Waals surface area contributed by atoms with Crippen molar-refractivity contribution in [1.82, 2.24) is 9.91 Å². The number of hydrogen-bond donors (Lipinski definition) is 6. The molecule has 2 aromatic carbocycles. The fourth-order valence-corrected chi connectivity index (χ4v) is 7.92. The summed E-state index contributed by atoms with van der Waals surface area (Å²) in [7, 11) is 3.42. The molecule has 1 fully saturated rings. The number of likely N-dealkylation sites (N-methyl/N-ethyl adjacent to an activating group) is 1. The monoisotopic (exact) mass is 822 g/mol. The number of rotatable bonds is 4. The maximum Gasteiger partial charge on any atom is 0.312 e. The number of carbonyl (C=O) groups excluding carboxylic acids is 3. The maximum atomic E-state index is 14.4. The Morgan fingerprint density at radius 2 is 1.61 bits per heavy atom. The first kappa shape index (κ1) is 44.9. The number of nitrogens with one attached hydrogen (secondary N) is 1. The number of aliphatic hydroxyl groups excluding tert-OH is 2. The number of methoxy groups -OCH3 is 1. The van der Waals surface area contributed by atoms with Crippen LogP contribution in [0.3, 0.4) is 0 Å². The minimum Gasteiger partial charge on any atom is -0.507 e. The predicted octanol–water partition coefficient (Wildman–Crippen LogP) is 4.34. The van der Waals surface area contributed by atoms with E-state index in [0.29, 0.717) is 13.1 Å². The van der Waals surface area contributed by atoms with Gasteiger partial charge in [0, 0.05) is 87.3 Å². The molecule has 9 atom stereocenters. The summed E-state index contributed by atoms with van der Waals surface area (Å²) in [4.78, 5) is 42.6. The number of carbonyl (C=O) groups is 3. The van der Waals surface area contributed by atoms with Gasteiger partial charge in [0.15, 0.2) is 5.75 Å². The van der Waals surface area contributed by atoms with E-state index in [-0.39, 0.29) is 44.5 Å². The topological polar surface area (TPSA) is 220 Å². The van der Waals surface area contributed by atoms with Gasteiger partial charge in [-0.25, -0.2) is 0 Å². The molecule has 1 amide bonds. The molecule has 0 unspecified atom stereocenters. The molecule has 322 valence electrons. The molecule has 0 spiro atoms. The standard InChI is InChI=1S/C43H58N4O12/c1-21-12-11-13-22(2)42(55)45-33-28(20-44-47-17-15-46(9)16-18-47)37(52)30-31(38(33)53)36(51)26(6)40-32(30)41(54)43(8,59-40)57-19-14-29(56-10)23(3)39(58-27(7)48)25(5)35(50)24(4)34(21)49/h11-14,19-21,23-25,29,34-35,39,49-53H,15-18H2,1-10H3,(H,45,55)/b12-11-,19-14-,22-13-,44-20?/t21-,23+,24-,25-,29+,34-,35-,39+,43-/m0/s1. The molecular weight excluding hydrogens is 764 g/mol. The first-order valence-corrected chi connectivity index (χ1v) is 19.8. The number of fused-ring (bicyclic) bond motifs is 14.